The minimum absolute atomic E-state index is 0.132. The molecular weight excluding hydrogens is 215 g/mol. The maximum absolute atomic E-state index is 12.5. The Kier molecular flexibility index (Phi) is 4.33. The summed E-state index contributed by atoms with van der Waals surface area (Å²) in [4.78, 5) is 3.71. The number of hydrogen-bond donors (Lipinski definition) is 0. The fourth-order valence-corrected chi connectivity index (χ4v) is 1.75. The molecule has 0 amide bonds. The number of nitrogens with zero attached hydrogens (tertiary/aromatic N) is 1. The maximum Gasteiger partial charge on any atom is 0.433 e. The van der Waals surface area contributed by atoms with Gasteiger partial charge in [0.25, 0.3) is 0 Å². The van der Waals surface area contributed by atoms with Crippen molar-refractivity contribution in [3.63, 3.8) is 0 Å². The van der Waals surface area contributed by atoms with Crippen molar-refractivity contribution in [2.75, 3.05) is 0 Å². The van der Waals surface area contributed by atoms with Gasteiger partial charge in [0.2, 0.25) is 0 Å². The molecule has 0 aliphatic carbocycles. The number of hydrogen-bond acceptors (Lipinski definition) is 1. The zero-order valence-corrected chi connectivity index (χ0v) is 9.51. The highest BCUT2D eigenvalue weighted by molar-refractivity contribution is 5.16. The Morgan fingerprint density at radius 3 is 2.44 bits per heavy atom. The van der Waals surface area contributed by atoms with Crippen molar-refractivity contribution in [3.05, 3.63) is 29.6 Å². The normalized spacial score (nSPS) is 13.8. The molecule has 0 bridgehead atoms. The van der Waals surface area contributed by atoms with Crippen LogP contribution in [0.1, 0.15) is 50.4 Å². The molecule has 1 rings (SSSR count). The monoisotopic (exact) mass is 231 g/mol. The first-order valence-electron chi connectivity index (χ1n) is 5.53. The van der Waals surface area contributed by atoms with Crippen LogP contribution in [0.2, 0.25) is 0 Å². The molecule has 1 aromatic rings. The van der Waals surface area contributed by atoms with Gasteiger partial charge in [-0.3, -0.25) is 0 Å². The Balaban J connectivity index is 2.97. The van der Waals surface area contributed by atoms with Gasteiger partial charge in [-0.05, 0) is 25.0 Å². The van der Waals surface area contributed by atoms with E-state index in [0.717, 1.165) is 25.3 Å². The van der Waals surface area contributed by atoms with E-state index in [2.05, 4.69) is 4.98 Å². The number of rotatable bonds is 4. The molecule has 0 aromatic carbocycles. The summed E-state index contributed by atoms with van der Waals surface area (Å²) in [5.41, 5.74) is -0.237. The van der Waals surface area contributed by atoms with Gasteiger partial charge in [-0.15, -0.1) is 0 Å². The lowest BCUT2D eigenvalue weighted by molar-refractivity contribution is -0.141. The average Bonchev–Trinajstić information content (AvgIpc) is 2.25. The smallest absolute Gasteiger partial charge is 0.248 e. The van der Waals surface area contributed by atoms with Gasteiger partial charge in [0.1, 0.15) is 5.69 Å². The summed E-state index contributed by atoms with van der Waals surface area (Å²) in [6, 6.07) is 4.13. The zero-order chi connectivity index (χ0) is 12.2. The van der Waals surface area contributed by atoms with E-state index < -0.39 is 11.9 Å². The van der Waals surface area contributed by atoms with Crippen molar-refractivity contribution >= 4 is 0 Å². The maximum atomic E-state index is 12.5. The topological polar surface area (TPSA) is 12.9 Å². The van der Waals surface area contributed by atoms with E-state index in [1.165, 1.54) is 6.07 Å². The third-order valence-corrected chi connectivity index (χ3v) is 2.61. The highest BCUT2D eigenvalue weighted by Crippen LogP contribution is 2.30. The molecule has 1 nitrogen and oxygen atoms in total. The predicted octanol–water partition coefficient (Wildman–Crippen LogP) is 4.39. The molecule has 90 valence electrons. The lowest BCUT2D eigenvalue weighted by Gasteiger charge is -2.15. The third-order valence-electron chi connectivity index (χ3n) is 2.61. The van der Waals surface area contributed by atoms with Gasteiger partial charge in [0.05, 0.1) is 0 Å². The van der Waals surface area contributed by atoms with Crippen molar-refractivity contribution in [3.8, 4) is 0 Å². The van der Waals surface area contributed by atoms with E-state index in [1.807, 2.05) is 13.8 Å². The van der Waals surface area contributed by atoms with Gasteiger partial charge in [-0.1, -0.05) is 26.3 Å². The fraction of sp³-hybridized carbons (Fsp3) is 0.583. The summed E-state index contributed by atoms with van der Waals surface area (Å²) in [5.74, 6) is 0.132. The van der Waals surface area contributed by atoms with Gasteiger partial charge < -0.3 is 0 Å². The standard InChI is InChI=1S/C12H16F3N/c1-3-6-9(4-2)10-7-5-8-11(16-10)12(13,14)15/h5,7-9H,3-4,6H2,1-2H3. The van der Waals surface area contributed by atoms with Gasteiger partial charge in [0.15, 0.2) is 0 Å². The number of halogens is 3. The molecule has 1 heterocycles. The van der Waals surface area contributed by atoms with E-state index in [1.54, 1.807) is 6.07 Å². The zero-order valence-electron chi connectivity index (χ0n) is 9.51. The Bertz CT molecular complexity index is 333. The third kappa shape index (κ3) is 3.22. The molecule has 0 saturated heterocycles. The Hall–Kier alpha value is -1.06. The van der Waals surface area contributed by atoms with Crippen LogP contribution >= 0.6 is 0 Å². The van der Waals surface area contributed by atoms with Crippen molar-refractivity contribution < 1.29 is 13.2 Å². The van der Waals surface area contributed by atoms with Crippen LogP contribution in [0.4, 0.5) is 13.2 Å². The van der Waals surface area contributed by atoms with Crippen molar-refractivity contribution in [1.29, 1.82) is 0 Å². The molecule has 0 aliphatic rings. The van der Waals surface area contributed by atoms with Gasteiger partial charge in [-0.25, -0.2) is 4.98 Å². The molecule has 0 fully saturated rings. The minimum Gasteiger partial charge on any atom is -0.248 e. The van der Waals surface area contributed by atoms with Crippen LogP contribution in [0.3, 0.4) is 0 Å². The van der Waals surface area contributed by atoms with E-state index in [4.69, 9.17) is 0 Å². The second kappa shape index (κ2) is 5.32. The van der Waals surface area contributed by atoms with Crippen molar-refractivity contribution in [2.24, 2.45) is 0 Å². The lowest BCUT2D eigenvalue weighted by atomic mass is 9.96. The molecule has 1 aromatic heterocycles. The molecule has 0 saturated carbocycles. The first kappa shape index (κ1) is 13.0. The first-order chi connectivity index (χ1) is 7.49. The second-order valence-electron chi connectivity index (χ2n) is 3.84. The van der Waals surface area contributed by atoms with E-state index >= 15 is 0 Å². The molecule has 16 heavy (non-hydrogen) atoms. The molecule has 0 radical (unpaired) electrons. The van der Waals surface area contributed by atoms with Crippen LogP contribution in [0.5, 0.6) is 0 Å². The summed E-state index contributed by atoms with van der Waals surface area (Å²) in [6.45, 7) is 4.00. The van der Waals surface area contributed by atoms with Gasteiger partial charge >= 0.3 is 6.18 Å². The highest BCUT2D eigenvalue weighted by atomic mass is 19.4. The van der Waals surface area contributed by atoms with E-state index in [9.17, 15) is 13.2 Å². The molecule has 0 spiro atoms. The largest absolute Gasteiger partial charge is 0.433 e. The molecule has 1 atom stereocenters. The summed E-state index contributed by atoms with van der Waals surface area (Å²) >= 11 is 0. The first-order valence-corrected chi connectivity index (χ1v) is 5.53. The number of alkyl halides is 3. The van der Waals surface area contributed by atoms with Crippen molar-refractivity contribution in [2.45, 2.75) is 45.2 Å². The Morgan fingerprint density at radius 2 is 1.94 bits per heavy atom. The summed E-state index contributed by atoms with van der Waals surface area (Å²) in [7, 11) is 0. The molecule has 0 aliphatic heterocycles. The van der Waals surface area contributed by atoms with Crippen LogP contribution in [0, 0.1) is 0 Å². The molecule has 0 N–H and O–H groups in total. The Morgan fingerprint density at radius 1 is 1.25 bits per heavy atom. The highest BCUT2D eigenvalue weighted by Gasteiger charge is 2.32. The second-order valence-corrected chi connectivity index (χ2v) is 3.84. The quantitative estimate of drug-likeness (QED) is 0.748. The fourth-order valence-electron chi connectivity index (χ4n) is 1.75. The number of pyridine rings is 1. The van der Waals surface area contributed by atoms with Gasteiger partial charge in [-0.2, -0.15) is 13.2 Å². The van der Waals surface area contributed by atoms with Crippen LogP contribution in [0.25, 0.3) is 0 Å². The van der Waals surface area contributed by atoms with E-state index in [0.29, 0.717) is 5.69 Å². The van der Waals surface area contributed by atoms with Crippen LogP contribution < -0.4 is 0 Å². The summed E-state index contributed by atoms with van der Waals surface area (Å²) in [5, 5.41) is 0. The SMILES string of the molecule is CCCC(CC)c1cccc(C(F)(F)F)n1. The van der Waals surface area contributed by atoms with Crippen LogP contribution in [-0.2, 0) is 6.18 Å². The molecular formula is C12H16F3N. The lowest BCUT2D eigenvalue weighted by Crippen LogP contribution is -2.10. The predicted molar refractivity (Wildman–Crippen MR) is 57.2 cm³/mol. The van der Waals surface area contributed by atoms with Crippen molar-refractivity contribution in [1.82, 2.24) is 4.98 Å². The summed E-state index contributed by atoms with van der Waals surface area (Å²) in [6.07, 6.45) is -1.69. The average molecular weight is 231 g/mol. The summed E-state index contributed by atoms with van der Waals surface area (Å²) < 4.78 is 37.4. The minimum atomic E-state index is -4.35. The van der Waals surface area contributed by atoms with E-state index in [-0.39, 0.29) is 5.92 Å². The van der Waals surface area contributed by atoms with Crippen LogP contribution in [0.15, 0.2) is 18.2 Å². The molecule has 1 unspecified atom stereocenters. The van der Waals surface area contributed by atoms with Crippen LogP contribution in [-0.4, -0.2) is 4.98 Å². The Labute approximate surface area is 93.7 Å². The molecule has 4 heteroatoms. The number of aromatic nitrogens is 1. The van der Waals surface area contributed by atoms with Gasteiger partial charge in [0, 0.05) is 11.6 Å².